The molecule has 0 bridgehead atoms. The number of H-pyrrole nitrogens is 1. The van der Waals surface area contributed by atoms with Crippen LogP contribution in [0, 0.1) is 0 Å². The number of nitrogen functional groups attached to an aromatic ring is 1. The predicted octanol–water partition coefficient (Wildman–Crippen LogP) is 0.421. The highest BCUT2D eigenvalue weighted by atomic mass is 32.1. The number of aromatic amines is 1. The number of nitrogens with zero attached hydrogens (tertiary/aromatic N) is 2. The van der Waals surface area contributed by atoms with E-state index in [0.29, 0.717) is 18.1 Å². The maximum Gasteiger partial charge on any atom is 0.269 e. The minimum atomic E-state index is -0.209. The van der Waals surface area contributed by atoms with Gasteiger partial charge < -0.3 is 11.1 Å². The zero-order chi connectivity index (χ0) is 11.4. The first-order chi connectivity index (χ1) is 7.75. The van der Waals surface area contributed by atoms with Crippen molar-refractivity contribution >= 4 is 23.1 Å². The number of hydrogen-bond donors (Lipinski definition) is 3. The Bertz CT molecular complexity index is 464. The molecule has 0 saturated carbocycles. The van der Waals surface area contributed by atoms with Gasteiger partial charge in [0.25, 0.3) is 5.91 Å². The largest absolute Gasteiger partial charge is 0.382 e. The molecule has 0 aliphatic rings. The first-order valence-corrected chi connectivity index (χ1v) is 5.66. The minimum Gasteiger partial charge on any atom is -0.382 e. The van der Waals surface area contributed by atoms with Crippen LogP contribution in [0.3, 0.4) is 0 Å². The fourth-order valence-electron chi connectivity index (χ4n) is 1.21. The van der Waals surface area contributed by atoms with Crippen LogP contribution in [-0.2, 0) is 6.42 Å². The van der Waals surface area contributed by atoms with Crippen LogP contribution in [0.5, 0.6) is 0 Å². The van der Waals surface area contributed by atoms with E-state index in [9.17, 15) is 4.79 Å². The highest BCUT2D eigenvalue weighted by Crippen LogP contribution is 2.02. The van der Waals surface area contributed by atoms with Crippen LogP contribution < -0.4 is 11.1 Å². The molecule has 16 heavy (non-hydrogen) atoms. The SMILES string of the molecule is Nc1cc(C(=O)NCCc2cscn2)[nH]n1. The summed E-state index contributed by atoms with van der Waals surface area (Å²) in [4.78, 5) is 15.6. The first kappa shape index (κ1) is 10.6. The number of nitrogens with two attached hydrogens (primary N) is 1. The van der Waals surface area contributed by atoms with Crippen LogP contribution in [0.25, 0.3) is 0 Å². The number of carbonyl (C=O) groups is 1. The van der Waals surface area contributed by atoms with E-state index in [1.165, 1.54) is 6.07 Å². The fraction of sp³-hybridized carbons (Fsp3) is 0.222. The molecule has 0 unspecified atom stereocenters. The molecule has 0 saturated heterocycles. The summed E-state index contributed by atoms with van der Waals surface area (Å²) in [5, 5.41) is 10.9. The third-order valence-corrected chi connectivity index (χ3v) is 2.63. The van der Waals surface area contributed by atoms with E-state index >= 15 is 0 Å². The highest BCUT2D eigenvalue weighted by Gasteiger charge is 2.07. The van der Waals surface area contributed by atoms with E-state index in [-0.39, 0.29) is 5.91 Å². The summed E-state index contributed by atoms with van der Waals surface area (Å²) in [6.45, 7) is 0.543. The summed E-state index contributed by atoms with van der Waals surface area (Å²) in [6, 6.07) is 1.50. The Labute approximate surface area is 95.9 Å². The first-order valence-electron chi connectivity index (χ1n) is 4.72. The zero-order valence-electron chi connectivity index (χ0n) is 8.43. The van der Waals surface area contributed by atoms with Crippen molar-refractivity contribution in [1.29, 1.82) is 0 Å². The number of thiazole rings is 1. The zero-order valence-corrected chi connectivity index (χ0v) is 9.25. The van der Waals surface area contributed by atoms with Crippen LogP contribution in [0.1, 0.15) is 16.2 Å². The molecule has 0 aromatic carbocycles. The topological polar surface area (TPSA) is 96.7 Å². The molecule has 0 radical (unpaired) electrons. The molecule has 2 heterocycles. The number of aromatic nitrogens is 3. The molecule has 2 aromatic rings. The van der Waals surface area contributed by atoms with E-state index in [4.69, 9.17) is 5.73 Å². The Balaban J connectivity index is 1.80. The van der Waals surface area contributed by atoms with E-state index in [2.05, 4.69) is 20.5 Å². The number of nitrogens with one attached hydrogen (secondary N) is 2. The van der Waals surface area contributed by atoms with Gasteiger partial charge in [-0.05, 0) is 0 Å². The van der Waals surface area contributed by atoms with Crippen LogP contribution >= 0.6 is 11.3 Å². The second kappa shape index (κ2) is 4.75. The number of amides is 1. The number of hydrogen-bond acceptors (Lipinski definition) is 5. The monoisotopic (exact) mass is 237 g/mol. The van der Waals surface area contributed by atoms with Crippen LogP contribution in [0.4, 0.5) is 5.82 Å². The number of anilines is 1. The summed E-state index contributed by atoms with van der Waals surface area (Å²) in [7, 11) is 0. The van der Waals surface area contributed by atoms with Crippen molar-refractivity contribution in [2.45, 2.75) is 6.42 Å². The van der Waals surface area contributed by atoms with Gasteiger partial charge in [0.1, 0.15) is 11.5 Å². The molecule has 2 aromatic heterocycles. The van der Waals surface area contributed by atoms with E-state index in [0.717, 1.165) is 12.1 Å². The lowest BCUT2D eigenvalue weighted by molar-refractivity contribution is 0.0949. The average molecular weight is 237 g/mol. The molecule has 0 spiro atoms. The van der Waals surface area contributed by atoms with Crippen molar-refractivity contribution in [2.75, 3.05) is 12.3 Å². The summed E-state index contributed by atoms with van der Waals surface area (Å²) >= 11 is 1.54. The number of rotatable bonds is 4. The van der Waals surface area contributed by atoms with Gasteiger partial charge in [-0.1, -0.05) is 0 Å². The van der Waals surface area contributed by atoms with Crippen LogP contribution in [0.2, 0.25) is 0 Å². The lowest BCUT2D eigenvalue weighted by atomic mass is 10.3. The van der Waals surface area contributed by atoms with Crippen molar-refractivity contribution < 1.29 is 4.79 Å². The minimum absolute atomic E-state index is 0.209. The molecule has 0 atom stereocenters. The van der Waals surface area contributed by atoms with Crippen molar-refractivity contribution in [3.8, 4) is 0 Å². The van der Waals surface area contributed by atoms with Crippen LogP contribution in [-0.4, -0.2) is 27.6 Å². The van der Waals surface area contributed by atoms with Gasteiger partial charge >= 0.3 is 0 Å². The van der Waals surface area contributed by atoms with Gasteiger partial charge in [-0.25, -0.2) is 4.98 Å². The molecule has 0 fully saturated rings. The maximum atomic E-state index is 11.5. The van der Waals surface area contributed by atoms with Gasteiger partial charge in [0.05, 0.1) is 11.2 Å². The van der Waals surface area contributed by atoms with Gasteiger partial charge in [-0.15, -0.1) is 11.3 Å². The Hall–Kier alpha value is -1.89. The molecule has 4 N–H and O–H groups in total. The molecule has 0 aliphatic heterocycles. The van der Waals surface area contributed by atoms with Crippen molar-refractivity contribution in [2.24, 2.45) is 0 Å². The fourth-order valence-corrected chi connectivity index (χ4v) is 1.81. The van der Waals surface area contributed by atoms with Crippen molar-refractivity contribution in [1.82, 2.24) is 20.5 Å². The Morgan fingerprint density at radius 1 is 1.62 bits per heavy atom. The summed E-state index contributed by atoms with van der Waals surface area (Å²) in [6.07, 6.45) is 0.721. The molecule has 7 heteroatoms. The Morgan fingerprint density at radius 2 is 2.50 bits per heavy atom. The summed E-state index contributed by atoms with van der Waals surface area (Å²) in [5.41, 5.74) is 8.51. The molecule has 6 nitrogen and oxygen atoms in total. The molecular weight excluding hydrogens is 226 g/mol. The normalized spacial score (nSPS) is 10.2. The average Bonchev–Trinajstić information content (AvgIpc) is 2.89. The van der Waals surface area contributed by atoms with Crippen molar-refractivity contribution in [3.63, 3.8) is 0 Å². The van der Waals surface area contributed by atoms with Gasteiger partial charge in [0, 0.05) is 24.4 Å². The summed E-state index contributed by atoms with van der Waals surface area (Å²) in [5.74, 6) is 0.101. The highest BCUT2D eigenvalue weighted by molar-refractivity contribution is 7.07. The van der Waals surface area contributed by atoms with Gasteiger partial charge in [0.2, 0.25) is 0 Å². The van der Waals surface area contributed by atoms with E-state index in [1.807, 2.05) is 5.38 Å². The van der Waals surface area contributed by atoms with Gasteiger partial charge in [-0.3, -0.25) is 9.89 Å². The summed E-state index contributed by atoms with van der Waals surface area (Å²) < 4.78 is 0. The Kier molecular flexibility index (Phi) is 3.16. The maximum absolute atomic E-state index is 11.5. The third-order valence-electron chi connectivity index (χ3n) is 1.99. The Morgan fingerprint density at radius 3 is 3.12 bits per heavy atom. The second-order valence-electron chi connectivity index (χ2n) is 3.19. The van der Waals surface area contributed by atoms with E-state index in [1.54, 1.807) is 16.8 Å². The van der Waals surface area contributed by atoms with Gasteiger partial charge in [0.15, 0.2) is 0 Å². The standard InChI is InChI=1S/C9H11N5OS/c10-8-3-7(13-14-8)9(15)11-2-1-6-4-16-5-12-6/h3-5H,1-2H2,(H,11,15)(H3,10,13,14). The van der Waals surface area contributed by atoms with E-state index < -0.39 is 0 Å². The lowest BCUT2D eigenvalue weighted by Gasteiger charge is -2.00. The quantitative estimate of drug-likeness (QED) is 0.718. The molecule has 84 valence electrons. The number of carbonyl (C=O) groups excluding carboxylic acids is 1. The lowest BCUT2D eigenvalue weighted by Crippen LogP contribution is -2.26. The molecule has 0 aliphatic carbocycles. The molecule has 2 rings (SSSR count). The van der Waals surface area contributed by atoms with Gasteiger partial charge in [-0.2, -0.15) is 5.10 Å². The molecular formula is C9H11N5OS. The predicted molar refractivity (Wildman–Crippen MR) is 61.2 cm³/mol. The second-order valence-corrected chi connectivity index (χ2v) is 3.91. The van der Waals surface area contributed by atoms with Crippen molar-refractivity contribution in [3.05, 3.63) is 28.3 Å². The molecule has 1 amide bonds. The smallest absolute Gasteiger partial charge is 0.269 e. The van der Waals surface area contributed by atoms with Crippen LogP contribution in [0.15, 0.2) is 17.0 Å². The third kappa shape index (κ3) is 2.57.